The van der Waals surface area contributed by atoms with Crippen LogP contribution in [0.25, 0.3) is 0 Å². The molecule has 0 bridgehead atoms. The molecule has 1 saturated carbocycles. The largest absolute Gasteiger partial charge is 0.297 e. The van der Waals surface area contributed by atoms with Gasteiger partial charge in [-0.2, -0.15) is 5.26 Å². The standard InChI is InChI=1S/C14H24F2N2/c1-14(2,3)11-6-5-10(8-17)12(7-11)18(4)9-13(15)16/h10-13H,5-7,9H2,1-4H3. The molecule has 1 rings (SSSR count). The first-order valence-electron chi connectivity index (χ1n) is 6.63. The second-order valence-electron chi connectivity index (χ2n) is 6.51. The molecule has 0 heterocycles. The average molecular weight is 258 g/mol. The third-order valence-electron chi connectivity index (χ3n) is 4.20. The number of nitrogens with zero attached hydrogens (tertiary/aromatic N) is 2. The molecule has 0 amide bonds. The van der Waals surface area contributed by atoms with Gasteiger partial charge in [0.25, 0.3) is 6.43 Å². The highest BCUT2D eigenvalue weighted by Gasteiger charge is 2.38. The smallest absolute Gasteiger partial charge is 0.251 e. The molecular formula is C14H24F2N2. The molecule has 18 heavy (non-hydrogen) atoms. The number of nitriles is 1. The Labute approximate surface area is 109 Å². The van der Waals surface area contributed by atoms with Crippen LogP contribution in [0.3, 0.4) is 0 Å². The molecule has 3 atom stereocenters. The molecule has 1 fully saturated rings. The molecule has 0 aromatic carbocycles. The minimum atomic E-state index is -2.33. The van der Waals surface area contributed by atoms with Crippen LogP contribution in [0, 0.1) is 28.6 Å². The summed E-state index contributed by atoms with van der Waals surface area (Å²) in [5, 5.41) is 9.17. The maximum absolute atomic E-state index is 12.5. The van der Waals surface area contributed by atoms with Gasteiger partial charge in [0, 0.05) is 6.04 Å². The Hall–Kier alpha value is -0.690. The Morgan fingerprint density at radius 2 is 1.94 bits per heavy atom. The molecule has 4 heteroatoms. The summed E-state index contributed by atoms with van der Waals surface area (Å²) in [7, 11) is 1.71. The van der Waals surface area contributed by atoms with Crippen molar-refractivity contribution in [2.45, 2.75) is 52.5 Å². The third kappa shape index (κ3) is 3.91. The van der Waals surface area contributed by atoms with E-state index in [2.05, 4.69) is 26.8 Å². The second-order valence-corrected chi connectivity index (χ2v) is 6.51. The fourth-order valence-corrected chi connectivity index (χ4v) is 2.92. The lowest BCUT2D eigenvalue weighted by Crippen LogP contribution is -2.45. The van der Waals surface area contributed by atoms with Crippen molar-refractivity contribution in [3.8, 4) is 6.07 Å². The van der Waals surface area contributed by atoms with Gasteiger partial charge in [-0.25, -0.2) is 8.78 Å². The van der Waals surface area contributed by atoms with Gasteiger partial charge in [-0.3, -0.25) is 4.90 Å². The Balaban J connectivity index is 2.74. The predicted octanol–water partition coefficient (Wildman–Crippen LogP) is 3.54. The summed E-state index contributed by atoms with van der Waals surface area (Å²) in [6.45, 7) is 6.33. The van der Waals surface area contributed by atoms with Gasteiger partial charge >= 0.3 is 0 Å². The van der Waals surface area contributed by atoms with E-state index >= 15 is 0 Å². The van der Waals surface area contributed by atoms with E-state index in [0.717, 1.165) is 19.3 Å². The maximum atomic E-state index is 12.5. The Kier molecular flexibility index (Phi) is 5.10. The lowest BCUT2D eigenvalue weighted by Gasteiger charge is -2.43. The van der Waals surface area contributed by atoms with Gasteiger partial charge in [-0.15, -0.1) is 0 Å². The van der Waals surface area contributed by atoms with Crippen molar-refractivity contribution in [2.75, 3.05) is 13.6 Å². The van der Waals surface area contributed by atoms with Crippen LogP contribution in [-0.2, 0) is 0 Å². The van der Waals surface area contributed by atoms with Crippen LogP contribution in [0.15, 0.2) is 0 Å². The summed E-state index contributed by atoms with van der Waals surface area (Å²) < 4.78 is 25.0. The molecule has 0 aliphatic heterocycles. The highest BCUT2D eigenvalue weighted by molar-refractivity contribution is 4.98. The van der Waals surface area contributed by atoms with Crippen LogP contribution in [0.4, 0.5) is 8.78 Å². The third-order valence-corrected chi connectivity index (χ3v) is 4.20. The van der Waals surface area contributed by atoms with Crippen LogP contribution in [0.1, 0.15) is 40.0 Å². The van der Waals surface area contributed by atoms with Crippen LogP contribution in [0.2, 0.25) is 0 Å². The molecule has 3 unspecified atom stereocenters. The molecule has 0 radical (unpaired) electrons. The summed E-state index contributed by atoms with van der Waals surface area (Å²) in [6, 6.07) is 2.27. The zero-order valence-corrected chi connectivity index (χ0v) is 11.8. The summed E-state index contributed by atoms with van der Waals surface area (Å²) in [5.74, 6) is 0.402. The van der Waals surface area contributed by atoms with Crippen molar-refractivity contribution in [3.05, 3.63) is 0 Å². The van der Waals surface area contributed by atoms with E-state index in [1.54, 1.807) is 11.9 Å². The molecule has 104 valence electrons. The molecular weight excluding hydrogens is 234 g/mol. The number of hydrogen-bond acceptors (Lipinski definition) is 2. The van der Waals surface area contributed by atoms with Gasteiger partial charge in [0.1, 0.15) is 0 Å². The number of alkyl halides is 2. The minimum Gasteiger partial charge on any atom is -0.297 e. The fraction of sp³-hybridized carbons (Fsp3) is 0.929. The monoisotopic (exact) mass is 258 g/mol. The van der Waals surface area contributed by atoms with Crippen molar-refractivity contribution >= 4 is 0 Å². The first-order chi connectivity index (χ1) is 8.25. The van der Waals surface area contributed by atoms with Gasteiger partial charge in [-0.05, 0) is 37.6 Å². The van der Waals surface area contributed by atoms with Crippen molar-refractivity contribution in [1.29, 1.82) is 5.26 Å². The normalized spacial score (nSPS) is 29.6. The van der Waals surface area contributed by atoms with Crippen LogP contribution >= 0.6 is 0 Å². The van der Waals surface area contributed by atoms with Crippen LogP contribution in [-0.4, -0.2) is 31.0 Å². The lowest BCUT2D eigenvalue weighted by molar-refractivity contribution is 0.0323. The predicted molar refractivity (Wildman–Crippen MR) is 68.3 cm³/mol. The first-order valence-corrected chi connectivity index (χ1v) is 6.63. The van der Waals surface area contributed by atoms with Crippen molar-refractivity contribution in [2.24, 2.45) is 17.3 Å². The maximum Gasteiger partial charge on any atom is 0.251 e. The summed E-state index contributed by atoms with van der Waals surface area (Å²) in [5.41, 5.74) is 0.185. The van der Waals surface area contributed by atoms with Crippen LogP contribution < -0.4 is 0 Å². The van der Waals surface area contributed by atoms with E-state index in [9.17, 15) is 8.78 Å². The Bertz CT molecular complexity index is 304. The van der Waals surface area contributed by atoms with E-state index in [1.165, 1.54) is 0 Å². The van der Waals surface area contributed by atoms with Gasteiger partial charge in [0.2, 0.25) is 0 Å². The van der Waals surface area contributed by atoms with E-state index < -0.39 is 6.43 Å². The SMILES string of the molecule is CN(CC(F)F)C1CC(C(C)(C)C)CCC1C#N. The Morgan fingerprint density at radius 1 is 1.33 bits per heavy atom. The molecule has 2 nitrogen and oxygen atoms in total. The van der Waals surface area contributed by atoms with Crippen molar-refractivity contribution in [3.63, 3.8) is 0 Å². The van der Waals surface area contributed by atoms with E-state index in [1.807, 2.05) is 0 Å². The van der Waals surface area contributed by atoms with Crippen molar-refractivity contribution < 1.29 is 8.78 Å². The Morgan fingerprint density at radius 3 is 2.39 bits per heavy atom. The minimum absolute atomic E-state index is 0.0259. The number of rotatable bonds is 3. The van der Waals surface area contributed by atoms with Crippen molar-refractivity contribution in [1.82, 2.24) is 4.90 Å². The summed E-state index contributed by atoms with van der Waals surface area (Å²) in [4.78, 5) is 1.68. The van der Waals surface area contributed by atoms with E-state index in [-0.39, 0.29) is 23.9 Å². The zero-order chi connectivity index (χ0) is 13.9. The molecule has 0 aromatic rings. The second kappa shape index (κ2) is 5.97. The van der Waals surface area contributed by atoms with Gasteiger partial charge < -0.3 is 0 Å². The molecule has 0 aromatic heterocycles. The zero-order valence-electron chi connectivity index (χ0n) is 11.8. The molecule has 0 spiro atoms. The van der Waals surface area contributed by atoms with Gasteiger partial charge in [0.15, 0.2) is 0 Å². The molecule has 0 N–H and O–H groups in total. The molecule has 1 aliphatic rings. The summed E-state index contributed by atoms with van der Waals surface area (Å²) in [6.07, 6.45) is 0.381. The van der Waals surface area contributed by atoms with E-state index in [0.29, 0.717) is 5.92 Å². The fourth-order valence-electron chi connectivity index (χ4n) is 2.92. The number of halogens is 2. The van der Waals surface area contributed by atoms with Crippen LogP contribution in [0.5, 0.6) is 0 Å². The highest BCUT2D eigenvalue weighted by Crippen LogP contribution is 2.41. The quantitative estimate of drug-likeness (QED) is 0.774. The van der Waals surface area contributed by atoms with Gasteiger partial charge in [-0.1, -0.05) is 20.8 Å². The molecule has 0 saturated heterocycles. The van der Waals surface area contributed by atoms with E-state index in [4.69, 9.17) is 5.26 Å². The topological polar surface area (TPSA) is 27.0 Å². The highest BCUT2D eigenvalue weighted by atomic mass is 19.3. The first kappa shape index (κ1) is 15.4. The lowest BCUT2D eigenvalue weighted by atomic mass is 9.68. The number of hydrogen-bond donors (Lipinski definition) is 0. The average Bonchev–Trinajstić information content (AvgIpc) is 2.26. The van der Waals surface area contributed by atoms with Gasteiger partial charge in [0.05, 0.1) is 18.5 Å². The summed E-state index contributed by atoms with van der Waals surface area (Å²) >= 11 is 0. The molecule has 1 aliphatic carbocycles.